The SMILES string of the molecule is Cc1ccc(OCc2ccc(Cl)cc2[N+](=O)[O-])c(C=O)c1. The standard InChI is InChI=1S/C15H12ClNO4/c1-10-2-5-15(12(6-10)8-18)21-9-11-3-4-13(16)7-14(11)17(19)20/h2-8H,9H2,1H3. The number of halogens is 1. The van der Waals surface area contributed by atoms with E-state index in [1.807, 2.05) is 6.92 Å². The predicted molar refractivity (Wildman–Crippen MR) is 79.0 cm³/mol. The topological polar surface area (TPSA) is 69.4 Å². The van der Waals surface area contributed by atoms with Gasteiger partial charge in [0, 0.05) is 11.1 Å². The van der Waals surface area contributed by atoms with Crippen molar-refractivity contribution in [3.05, 3.63) is 68.2 Å². The van der Waals surface area contributed by atoms with Gasteiger partial charge in [-0.05, 0) is 31.2 Å². The van der Waals surface area contributed by atoms with E-state index in [9.17, 15) is 14.9 Å². The highest BCUT2D eigenvalue weighted by atomic mass is 35.5. The molecule has 0 amide bonds. The number of aldehydes is 1. The van der Waals surface area contributed by atoms with E-state index in [4.69, 9.17) is 16.3 Å². The Kier molecular flexibility index (Phi) is 4.55. The molecule has 6 heteroatoms. The highest BCUT2D eigenvalue weighted by Gasteiger charge is 2.15. The van der Waals surface area contributed by atoms with Gasteiger partial charge in [-0.1, -0.05) is 23.2 Å². The van der Waals surface area contributed by atoms with Gasteiger partial charge in [0.25, 0.3) is 5.69 Å². The third kappa shape index (κ3) is 3.58. The van der Waals surface area contributed by atoms with Crippen LogP contribution in [0.1, 0.15) is 21.5 Å². The summed E-state index contributed by atoms with van der Waals surface area (Å²) in [7, 11) is 0. The van der Waals surface area contributed by atoms with E-state index < -0.39 is 4.92 Å². The molecule has 0 unspecified atom stereocenters. The average molecular weight is 306 g/mol. The lowest BCUT2D eigenvalue weighted by Crippen LogP contribution is -2.02. The Bertz CT molecular complexity index is 700. The number of nitro benzene ring substituents is 1. The second-order valence-corrected chi connectivity index (χ2v) is 4.91. The molecule has 0 spiro atoms. The number of ether oxygens (including phenoxy) is 1. The van der Waals surface area contributed by atoms with Crippen molar-refractivity contribution >= 4 is 23.6 Å². The molecule has 0 aliphatic heterocycles. The number of carbonyl (C=O) groups excluding carboxylic acids is 1. The van der Waals surface area contributed by atoms with Crippen LogP contribution in [0.5, 0.6) is 5.75 Å². The lowest BCUT2D eigenvalue weighted by molar-refractivity contribution is -0.385. The second kappa shape index (κ2) is 6.37. The van der Waals surface area contributed by atoms with Crippen molar-refractivity contribution in [1.82, 2.24) is 0 Å². The largest absolute Gasteiger partial charge is 0.488 e. The minimum Gasteiger partial charge on any atom is -0.488 e. The van der Waals surface area contributed by atoms with Gasteiger partial charge < -0.3 is 4.74 Å². The Hall–Kier alpha value is -2.40. The molecule has 0 aliphatic rings. The molecule has 0 N–H and O–H groups in total. The van der Waals surface area contributed by atoms with Gasteiger partial charge in [0.05, 0.1) is 16.1 Å². The van der Waals surface area contributed by atoms with Crippen molar-refractivity contribution in [2.75, 3.05) is 0 Å². The zero-order chi connectivity index (χ0) is 15.4. The summed E-state index contributed by atoms with van der Waals surface area (Å²) in [6, 6.07) is 9.53. The summed E-state index contributed by atoms with van der Waals surface area (Å²) in [5.41, 5.74) is 1.62. The summed E-state index contributed by atoms with van der Waals surface area (Å²) in [6.07, 6.45) is 0.693. The molecule has 0 saturated carbocycles. The average Bonchev–Trinajstić information content (AvgIpc) is 2.46. The summed E-state index contributed by atoms with van der Waals surface area (Å²) in [5, 5.41) is 11.3. The van der Waals surface area contributed by atoms with Gasteiger partial charge in [0.15, 0.2) is 6.29 Å². The normalized spacial score (nSPS) is 10.2. The van der Waals surface area contributed by atoms with E-state index in [1.165, 1.54) is 12.1 Å². The Labute approximate surface area is 126 Å². The molecular weight excluding hydrogens is 294 g/mol. The van der Waals surface area contributed by atoms with Crippen LogP contribution in [0.2, 0.25) is 5.02 Å². The van der Waals surface area contributed by atoms with Crippen LogP contribution in [0.15, 0.2) is 36.4 Å². The molecule has 5 nitrogen and oxygen atoms in total. The maximum Gasteiger partial charge on any atom is 0.277 e. The van der Waals surface area contributed by atoms with Crippen LogP contribution < -0.4 is 4.74 Å². The molecule has 2 aromatic rings. The fraction of sp³-hybridized carbons (Fsp3) is 0.133. The highest BCUT2D eigenvalue weighted by Crippen LogP contribution is 2.26. The first-order chi connectivity index (χ1) is 10.0. The maximum absolute atomic E-state index is 11.0. The zero-order valence-corrected chi connectivity index (χ0v) is 12.0. The van der Waals surface area contributed by atoms with Gasteiger partial charge in [-0.2, -0.15) is 0 Å². The van der Waals surface area contributed by atoms with Gasteiger partial charge in [-0.15, -0.1) is 0 Å². The van der Waals surface area contributed by atoms with E-state index in [0.29, 0.717) is 23.2 Å². The minimum atomic E-state index is -0.514. The molecule has 0 saturated heterocycles. The number of benzene rings is 2. The Balaban J connectivity index is 2.24. The Morgan fingerprint density at radius 1 is 1.29 bits per heavy atom. The molecule has 0 aromatic heterocycles. The van der Waals surface area contributed by atoms with Crippen LogP contribution in [-0.2, 0) is 6.61 Å². The van der Waals surface area contributed by atoms with Crippen molar-refractivity contribution in [1.29, 1.82) is 0 Å². The van der Waals surface area contributed by atoms with Gasteiger partial charge in [-0.25, -0.2) is 0 Å². The number of nitrogens with zero attached hydrogens (tertiary/aromatic N) is 1. The van der Waals surface area contributed by atoms with Crippen molar-refractivity contribution < 1.29 is 14.5 Å². The van der Waals surface area contributed by atoms with Crippen LogP contribution in [0, 0.1) is 17.0 Å². The summed E-state index contributed by atoms with van der Waals surface area (Å²) in [5.74, 6) is 0.389. The van der Waals surface area contributed by atoms with Crippen molar-refractivity contribution in [3.8, 4) is 5.75 Å². The Morgan fingerprint density at radius 2 is 2.05 bits per heavy atom. The van der Waals surface area contributed by atoms with E-state index in [-0.39, 0.29) is 17.3 Å². The van der Waals surface area contributed by atoms with Crippen molar-refractivity contribution in [2.45, 2.75) is 13.5 Å². The molecule has 108 valence electrons. The van der Waals surface area contributed by atoms with Crippen LogP contribution in [0.25, 0.3) is 0 Å². The number of carbonyl (C=O) groups is 1. The fourth-order valence-corrected chi connectivity index (χ4v) is 2.04. The van der Waals surface area contributed by atoms with Crippen LogP contribution in [0.4, 0.5) is 5.69 Å². The smallest absolute Gasteiger partial charge is 0.277 e. The fourth-order valence-electron chi connectivity index (χ4n) is 1.88. The lowest BCUT2D eigenvalue weighted by atomic mass is 10.1. The molecular formula is C15H12ClNO4. The van der Waals surface area contributed by atoms with Crippen LogP contribution in [0.3, 0.4) is 0 Å². The number of nitro groups is 1. The highest BCUT2D eigenvalue weighted by molar-refractivity contribution is 6.30. The van der Waals surface area contributed by atoms with Gasteiger partial charge in [0.1, 0.15) is 12.4 Å². The number of aryl methyl sites for hydroxylation is 1. The van der Waals surface area contributed by atoms with E-state index in [2.05, 4.69) is 0 Å². The number of hydrogen-bond donors (Lipinski definition) is 0. The first-order valence-electron chi connectivity index (χ1n) is 6.12. The van der Waals surface area contributed by atoms with Gasteiger partial charge in [0.2, 0.25) is 0 Å². The van der Waals surface area contributed by atoms with Crippen molar-refractivity contribution in [3.63, 3.8) is 0 Å². The quantitative estimate of drug-likeness (QED) is 0.476. The maximum atomic E-state index is 11.0. The van der Waals surface area contributed by atoms with Crippen molar-refractivity contribution in [2.24, 2.45) is 0 Å². The molecule has 0 aliphatic carbocycles. The summed E-state index contributed by atoms with van der Waals surface area (Å²) in [6.45, 7) is 1.85. The zero-order valence-electron chi connectivity index (χ0n) is 11.2. The van der Waals surface area contributed by atoms with E-state index >= 15 is 0 Å². The van der Waals surface area contributed by atoms with Crippen LogP contribution in [-0.4, -0.2) is 11.2 Å². The predicted octanol–water partition coefficient (Wildman–Crippen LogP) is 3.95. The Morgan fingerprint density at radius 3 is 2.71 bits per heavy atom. The molecule has 0 bridgehead atoms. The third-order valence-corrected chi connectivity index (χ3v) is 3.15. The molecule has 0 heterocycles. The first kappa shape index (κ1) is 15.0. The first-order valence-corrected chi connectivity index (χ1v) is 6.50. The summed E-state index contributed by atoms with van der Waals surface area (Å²) >= 11 is 5.75. The molecule has 2 rings (SSSR count). The summed E-state index contributed by atoms with van der Waals surface area (Å²) < 4.78 is 5.52. The monoisotopic (exact) mass is 305 g/mol. The molecule has 0 fully saturated rings. The van der Waals surface area contributed by atoms with E-state index in [0.717, 1.165) is 5.56 Å². The second-order valence-electron chi connectivity index (χ2n) is 4.48. The summed E-state index contributed by atoms with van der Waals surface area (Å²) in [4.78, 5) is 21.5. The third-order valence-electron chi connectivity index (χ3n) is 2.92. The molecule has 2 aromatic carbocycles. The molecule has 21 heavy (non-hydrogen) atoms. The minimum absolute atomic E-state index is 0.0165. The molecule has 0 atom stereocenters. The van der Waals surface area contributed by atoms with E-state index in [1.54, 1.807) is 24.3 Å². The number of hydrogen-bond acceptors (Lipinski definition) is 4. The van der Waals surface area contributed by atoms with Crippen LogP contribution >= 0.6 is 11.6 Å². The van der Waals surface area contributed by atoms with Gasteiger partial charge in [-0.3, -0.25) is 14.9 Å². The van der Waals surface area contributed by atoms with Gasteiger partial charge >= 0.3 is 0 Å². The molecule has 0 radical (unpaired) electrons. The number of rotatable bonds is 5. The lowest BCUT2D eigenvalue weighted by Gasteiger charge is -2.09.